The van der Waals surface area contributed by atoms with Gasteiger partial charge in [0.2, 0.25) is 10.0 Å². The van der Waals surface area contributed by atoms with Crippen LogP contribution in [0.4, 0.5) is 5.69 Å². The number of ether oxygens (including phenoxy) is 1. The van der Waals surface area contributed by atoms with Gasteiger partial charge in [0.1, 0.15) is 5.75 Å². The van der Waals surface area contributed by atoms with Gasteiger partial charge in [-0.25, -0.2) is 21.6 Å². The van der Waals surface area contributed by atoms with E-state index in [9.17, 15) is 16.8 Å². The third-order valence-corrected chi connectivity index (χ3v) is 8.21. The van der Waals surface area contributed by atoms with Crippen molar-refractivity contribution in [3.05, 3.63) is 120 Å². The van der Waals surface area contributed by atoms with Crippen molar-refractivity contribution in [2.45, 2.75) is 16.2 Å². The van der Waals surface area contributed by atoms with Gasteiger partial charge >= 0.3 is 0 Å². The van der Waals surface area contributed by atoms with Crippen molar-refractivity contribution in [2.24, 2.45) is 0 Å². The first-order valence-electron chi connectivity index (χ1n) is 12.2. The van der Waals surface area contributed by atoms with Gasteiger partial charge in [-0.15, -0.1) is 0 Å². The number of aliphatic hydroxyl groups excluding tert-OH is 1. The minimum absolute atomic E-state index is 0.0389. The van der Waals surface area contributed by atoms with Crippen LogP contribution in [-0.4, -0.2) is 41.7 Å². The van der Waals surface area contributed by atoms with E-state index >= 15 is 0 Å². The van der Waals surface area contributed by atoms with E-state index in [-0.39, 0.29) is 22.9 Å². The molecule has 0 atom stereocenters. The molecule has 0 fully saturated rings. The summed E-state index contributed by atoms with van der Waals surface area (Å²) in [4.78, 5) is 0.417. The number of benzene rings is 4. The molecule has 0 radical (unpaired) electrons. The maximum atomic E-state index is 12.4. The molecule has 0 aliphatic rings. The summed E-state index contributed by atoms with van der Waals surface area (Å²) in [7, 11) is -7.06. The van der Waals surface area contributed by atoms with Gasteiger partial charge in [0, 0.05) is 19.0 Å². The van der Waals surface area contributed by atoms with Crippen molar-refractivity contribution in [1.82, 2.24) is 4.72 Å². The van der Waals surface area contributed by atoms with Crippen LogP contribution in [0, 0.1) is 11.3 Å². The van der Waals surface area contributed by atoms with Crippen LogP contribution in [0.3, 0.4) is 0 Å². The zero-order chi connectivity index (χ0) is 28.8. The van der Waals surface area contributed by atoms with Crippen molar-refractivity contribution < 1.29 is 26.7 Å². The summed E-state index contributed by atoms with van der Waals surface area (Å²) >= 11 is 0. The molecule has 4 aromatic carbocycles. The Kier molecular flexibility index (Phi) is 11.2. The number of hydrogen-bond acceptors (Lipinski definition) is 7. The number of sulfonamides is 2. The predicted octanol–water partition coefficient (Wildman–Crippen LogP) is 3.94. The average molecular weight is 580 g/mol. The molecule has 0 bridgehead atoms. The molecule has 4 rings (SSSR count). The molecule has 0 aromatic heterocycles. The van der Waals surface area contributed by atoms with Crippen molar-refractivity contribution in [3.8, 4) is 11.8 Å². The van der Waals surface area contributed by atoms with E-state index in [0.29, 0.717) is 30.0 Å². The van der Waals surface area contributed by atoms with E-state index in [2.05, 4.69) is 15.5 Å². The van der Waals surface area contributed by atoms with Crippen LogP contribution in [0.25, 0.3) is 0 Å². The molecule has 3 N–H and O–H groups in total. The van der Waals surface area contributed by atoms with Crippen molar-refractivity contribution in [2.75, 3.05) is 24.5 Å². The number of nitrogens with one attached hydrogen (secondary N) is 2. The molecule has 0 aliphatic carbocycles. The second-order valence-corrected chi connectivity index (χ2v) is 11.7. The van der Waals surface area contributed by atoms with E-state index in [1.807, 2.05) is 12.1 Å². The molecule has 11 heteroatoms. The van der Waals surface area contributed by atoms with Crippen LogP contribution in [-0.2, 0) is 26.5 Å². The fourth-order valence-corrected chi connectivity index (χ4v) is 5.47. The van der Waals surface area contributed by atoms with Gasteiger partial charge < -0.3 is 9.84 Å². The van der Waals surface area contributed by atoms with Gasteiger partial charge in [-0.05, 0) is 54.1 Å². The standard InChI is InChI=1S/C21H18N2O3S.C8H11NO3S/c22-16-18-11-9-17(10-12-18)13-14-26-20-6-4-5-19(15-20)23-27(24,25)21-7-2-1-3-8-21;10-7-6-9-13(11,12)8-4-2-1-3-5-8/h1-12,15,23H,13-14H2;1-5,9-10H,6-7H2. The maximum absolute atomic E-state index is 12.4. The average Bonchev–Trinajstić information content (AvgIpc) is 2.98. The van der Waals surface area contributed by atoms with E-state index in [1.165, 1.54) is 12.1 Å². The quantitative estimate of drug-likeness (QED) is 0.244. The van der Waals surface area contributed by atoms with Crippen LogP contribution in [0.1, 0.15) is 11.1 Å². The van der Waals surface area contributed by atoms with Crippen molar-refractivity contribution in [3.63, 3.8) is 0 Å². The zero-order valence-electron chi connectivity index (χ0n) is 21.5. The highest BCUT2D eigenvalue weighted by Gasteiger charge is 2.14. The van der Waals surface area contributed by atoms with Crippen molar-refractivity contribution >= 4 is 25.7 Å². The summed E-state index contributed by atoms with van der Waals surface area (Å²) in [5, 5.41) is 17.3. The monoisotopic (exact) mass is 579 g/mol. The summed E-state index contributed by atoms with van der Waals surface area (Å²) in [6, 6.07) is 32.5. The Hall–Kier alpha value is -4.21. The Morgan fingerprint density at radius 1 is 0.750 bits per heavy atom. The molecule has 208 valence electrons. The Morgan fingerprint density at radius 2 is 1.35 bits per heavy atom. The smallest absolute Gasteiger partial charge is 0.261 e. The molecule has 0 aliphatic heterocycles. The van der Waals surface area contributed by atoms with E-state index in [1.54, 1.807) is 84.9 Å². The molecule has 9 nitrogen and oxygen atoms in total. The highest BCUT2D eigenvalue weighted by molar-refractivity contribution is 7.92. The second kappa shape index (κ2) is 14.8. The summed E-state index contributed by atoms with van der Waals surface area (Å²) in [5.74, 6) is 0.580. The summed E-state index contributed by atoms with van der Waals surface area (Å²) < 4.78 is 58.0. The van der Waals surface area contributed by atoms with Crippen LogP contribution in [0.15, 0.2) is 119 Å². The lowest BCUT2D eigenvalue weighted by atomic mass is 10.1. The fourth-order valence-electron chi connectivity index (χ4n) is 3.36. The van der Waals surface area contributed by atoms with Gasteiger partial charge in [0.05, 0.1) is 40.3 Å². The fraction of sp³-hybridized carbons (Fsp3) is 0.138. The van der Waals surface area contributed by atoms with Gasteiger partial charge in [-0.2, -0.15) is 5.26 Å². The van der Waals surface area contributed by atoms with Crippen LogP contribution < -0.4 is 14.2 Å². The second-order valence-electron chi connectivity index (χ2n) is 8.29. The maximum Gasteiger partial charge on any atom is 0.261 e. The number of hydrogen-bond donors (Lipinski definition) is 3. The number of rotatable bonds is 11. The summed E-state index contributed by atoms with van der Waals surface area (Å²) in [6.45, 7) is 0.282. The van der Waals surface area contributed by atoms with E-state index in [4.69, 9.17) is 15.1 Å². The summed E-state index contributed by atoms with van der Waals surface area (Å²) in [5.41, 5.74) is 2.13. The first kappa shape index (κ1) is 30.3. The minimum Gasteiger partial charge on any atom is -0.493 e. The number of nitriles is 1. The third kappa shape index (κ3) is 9.52. The van der Waals surface area contributed by atoms with Crippen LogP contribution in [0.5, 0.6) is 5.75 Å². The summed E-state index contributed by atoms with van der Waals surface area (Å²) in [6.07, 6.45) is 0.686. The lowest BCUT2D eigenvalue weighted by Crippen LogP contribution is -2.26. The Morgan fingerprint density at radius 3 is 1.93 bits per heavy atom. The number of anilines is 1. The molecule has 0 amide bonds. The minimum atomic E-state index is -3.63. The van der Waals surface area contributed by atoms with Gasteiger partial charge in [-0.1, -0.05) is 54.6 Å². The predicted molar refractivity (Wildman–Crippen MR) is 153 cm³/mol. The van der Waals surface area contributed by atoms with Gasteiger partial charge in [-0.3, -0.25) is 4.72 Å². The molecule has 0 heterocycles. The lowest BCUT2D eigenvalue weighted by molar-refractivity contribution is 0.301. The Bertz CT molecular complexity index is 1610. The first-order chi connectivity index (χ1) is 19.2. The molecular formula is C29H29N3O6S2. The van der Waals surface area contributed by atoms with Crippen LogP contribution in [0.2, 0.25) is 0 Å². The zero-order valence-corrected chi connectivity index (χ0v) is 23.1. The molecule has 0 saturated carbocycles. The normalized spacial score (nSPS) is 11.0. The van der Waals surface area contributed by atoms with Gasteiger partial charge in [0.25, 0.3) is 10.0 Å². The van der Waals surface area contributed by atoms with E-state index in [0.717, 1.165) is 5.56 Å². The molecular weight excluding hydrogens is 550 g/mol. The topological polar surface area (TPSA) is 146 Å². The largest absolute Gasteiger partial charge is 0.493 e. The molecule has 4 aromatic rings. The molecule has 0 unspecified atom stereocenters. The number of aliphatic hydroxyl groups is 1. The third-order valence-electron chi connectivity index (χ3n) is 5.34. The van der Waals surface area contributed by atoms with Crippen LogP contribution >= 0.6 is 0 Å². The van der Waals surface area contributed by atoms with Gasteiger partial charge in [0.15, 0.2) is 0 Å². The molecule has 0 saturated heterocycles. The first-order valence-corrected chi connectivity index (χ1v) is 15.2. The molecule has 0 spiro atoms. The SMILES string of the molecule is N#Cc1ccc(CCOc2cccc(NS(=O)(=O)c3ccccc3)c2)cc1.O=S(=O)(NCCO)c1ccccc1. The highest BCUT2D eigenvalue weighted by Crippen LogP contribution is 2.21. The molecule has 40 heavy (non-hydrogen) atoms. The highest BCUT2D eigenvalue weighted by atomic mass is 32.2. The van der Waals surface area contributed by atoms with E-state index < -0.39 is 20.0 Å². The van der Waals surface area contributed by atoms with Crippen molar-refractivity contribution in [1.29, 1.82) is 5.26 Å². The Labute approximate surface area is 234 Å². The lowest BCUT2D eigenvalue weighted by Gasteiger charge is -2.11. The Balaban J connectivity index is 0.000000285. The number of nitrogens with zero attached hydrogens (tertiary/aromatic N) is 1.